The van der Waals surface area contributed by atoms with Gasteiger partial charge in [-0.2, -0.15) is 0 Å². The molecule has 60 heavy (non-hydrogen) atoms. The lowest BCUT2D eigenvalue weighted by Crippen LogP contribution is -2.65. The Morgan fingerprint density at radius 2 is 1.47 bits per heavy atom. The van der Waals surface area contributed by atoms with E-state index in [-0.39, 0.29) is 35.2 Å². The Kier molecular flexibility index (Phi) is 13.0. The van der Waals surface area contributed by atoms with Gasteiger partial charge in [0.05, 0.1) is 31.0 Å². The van der Waals surface area contributed by atoms with E-state index in [9.17, 15) is 50.8 Å². The topological polar surface area (TPSA) is 273 Å². The highest BCUT2D eigenvalue weighted by Crippen LogP contribution is 2.67. The summed E-state index contributed by atoms with van der Waals surface area (Å²) >= 11 is 0. The van der Waals surface area contributed by atoms with E-state index in [0.717, 1.165) is 56.1 Å². The number of aliphatic hydroxyl groups excluding tert-OH is 8. The van der Waals surface area contributed by atoms with Crippen molar-refractivity contribution in [3.05, 3.63) is 23.8 Å². The van der Waals surface area contributed by atoms with Crippen molar-refractivity contribution >= 4 is 5.97 Å². The molecule has 0 aromatic carbocycles. The largest absolute Gasteiger partial charge is 0.458 e. The third-order valence-corrected chi connectivity index (χ3v) is 15.8. The molecule has 0 spiro atoms. The van der Waals surface area contributed by atoms with E-state index < -0.39 is 111 Å². The molecule has 0 bridgehead atoms. The van der Waals surface area contributed by atoms with Crippen LogP contribution in [0.15, 0.2) is 23.8 Å². The molecule has 0 amide bonds. The minimum absolute atomic E-state index is 0.0264. The van der Waals surface area contributed by atoms with Gasteiger partial charge in [-0.3, -0.25) is 0 Å². The van der Waals surface area contributed by atoms with Crippen molar-refractivity contribution in [2.45, 2.75) is 169 Å². The first-order valence-corrected chi connectivity index (χ1v) is 21.6. The predicted molar refractivity (Wildman–Crippen MR) is 203 cm³/mol. The van der Waals surface area contributed by atoms with Crippen LogP contribution in [0.4, 0.5) is 0 Å². The average Bonchev–Trinajstić information content (AvgIpc) is 3.80. The molecule has 3 saturated heterocycles. The van der Waals surface area contributed by atoms with E-state index in [1.54, 1.807) is 13.0 Å². The number of carbonyl (C=O) groups excluding carboxylic acids is 1. The van der Waals surface area contributed by atoms with Crippen molar-refractivity contribution in [3.8, 4) is 0 Å². The Bertz CT molecular complexity index is 1590. The summed E-state index contributed by atoms with van der Waals surface area (Å²) in [4.78, 5) is 11.9. The number of rotatable bonds is 10. The van der Waals surface area contributed by atoms with Gasteiger partial charge in [-0.05, 0) is 87.0 Å². The number of hydrogen-bond donors (Lipinski definition) is 9. The minimum Gasteiger partial charge on any atom is -0.458 e. The van der Waals surface area contributed by atoms with Crippen LogP contribution in [0, 0.1) is 35.0 Å². The van der Waals surface area contributed by atoms with Crippen LogP contribution in [0.25, 0.3) is 0 Å². The molecule has 23 atom stereocenters. The third-order valence-electron chi connectivity index (χ3n) is 15.8. The lowest BCUT2D eigenvalue weighted by molar-refractivity contribution is -0.367. The van der Waals surface area contributed by atoms with Gasteiger partial charge in [0.15, 0.2) is 18.9 Å². The summed E-state index contributed by atoms with van der Waals surface area (Å²) in [5, 5.41) is 96.3. The number of methoxy groups -OCH3 is 1. The fourth-order valence-electron chi connectivity index (χ4n) is 12.3. The maximum atomic E-state index is 12.3. The molecule has 18 nitrogen and oxygen atoms in total. The molecule has 4 saturated carbocycles. The molecule has 18 heteroatoms. The zero-order chi connectivity index (χ0) is 43.0. The van der Waals surface area contributed by atoms with E-state index in [1.165, 1.54) is 7.11 Å². The van der Waals surface area contributed by atoms with E-state index >= 15 is 0 Å². The Hall–Kier alpha value is -1.69. The van der Waals surface area contributed by atoms with Gasteiger partial charge in [-0.15, -0.1) is 0 Å². The van der Waals surface area contributed by atoms with Gasteiger partial charge in [0.2, 0.25) is 0 Å². The Labute approximate surface area is 348 Å². The summed E-state index contributed by atoms with van der Waals surface area (Å²) in [6, 6.07) is 0. The summed E-state index contributed by atoms with van der Waals surface area (Å²) in [5.74, 6) is 0.494. The third kappa shape index (κ3) is 7.73. The van der Waals surface area contributed by atoms with Gasteiger partial charge in [0.25, 0.3) is 0 Å². The van der Waals surface area contributed by atoms with Crippen molar-refractivity contribution < 1.29 is 88.6 Å². The van der Waals surface area contributed by atoms with E-state index in [0.29, 0.717) is 24.9 Å². The molecular weight excluding hydrogens is 792 g/mol. The monoisotopic (exact) mass is 856 g/mol. The normalized spacial score (nSPS) is 53.2. The van der Waals surface area contributed by atoms with Crippen LogP contribution < -0.4 is 0 Å². The van der Waals surface area contributed by atoms with Crippen LogP contribution in [0.3, 0.4) is 0 Å². The first kappa shape index (κ1) is 44.9. The zero-order valence-electron chi connectivity index (χ0n) is 34.4. The van der Waals surface area contributed by atoms with Crippen LogP contribution in [0.1, 0.15) is 65.2 Å². The van der Waals surface area contributed by atoms with E-state index in [2.05, 4.69) is 13.5 Å². The van der Waals surface area contributed by atoms with Crippen molar-refractivity contribution in [2.24, 2.45) is 35.0 Å². The fourth-order valence-corrected chi connectivity index (χ4v) is 12.3. The maximum Gasteiger partial charge on any atom is 0.331 e. The quantitative estimate of drug-likeness (QED) is 0.0690. The number of fused-ring (bicyclic) bond motifs is 5. The summed E-state index contributed by atoms with van der Waals surface area (Å²) in [6.45, 7) is 7.64. The molecule has 4 aliphatic heterocycles. The van der Waals surface area contributed by atoms with Gasteiger partial charge >= 0.3 is 5.97 Å². The van der Waals surface area contributed by atoms with Gasteiger partial charge in [0.1, 0.15) is 73.8 Å². The SMILES string of the molecule is C=C1[C@@H](C2=CC(=O)OC2)CC[C@@]2(O)[C@@H]1C[C@H]1[C@H]2CC[C@@H]2C[C@@H](O[C@@H]3O[C@@H](C)[C@H](O[C@@H]4O[C@H](CO[C@@H]5O[C@H](CO)[C@@H](O)[C@H](O)[C@H]5O)[C@@H](O)[C@H](O)[C@H]4O)[C@@H](OC)[C@@H]3O)CC[C@@]21C. The average molecular weight is 857 g/mol. The predicted octanol–water partition coefficient (Wildman–Crippen LogP) is -1.47. The highest BCUT2D eigenvalue weighted by Gasteiger charge is 2.65. The highest BCUT2D eigenvalue weighted by atomic mass is 16.8. The first-order valence-electron chi connectivity index (χ1n) is 21.6. The zero-order valence-corrected chi connectivity index (χ0v) is 34.4. The molecule has 0 aromatic rings. The molecule has 8 aliphatic rings. The number of aliphatic hydroxyl groups is 9. The molecular formula is C42H64O18. The van der Waals surface area contributed by atoms with Gasteiger partial charge in [0, 0.05) is 25.0 Å². The van der Waals surface area contributed by atoms with Gasteiger partial charge in [-0.25, -0.2) is 4.79 Å². The number of hydrogen-bond acceptors (Lipinski definition) is 18. The summed E-state index contributed by atoms with van der Waals surface area (Å²) < 4.78 is 46.5. The van der Waals surface area contributed by atoms with Crippen molar-refractivity contribution in [1.82, 2.24) is 0 Å². The van der Waals surface area contributed by atoms with Crippen molar-refractivity contribution in [2.75, 3.05) is 26.9 Å². The standard InChI is InChI=1S/C42H64O18/c1-17-22(19-11-28(44)54-15-19)8-10-42(52)23-6-5-20-12-21(7-9-41(20,3)25(23)13-24(17)42)57-40-35(51)37(53-4)36(18(2)56-40)60-39-34(50)32(48)30(46)27(59-39)16-55-38-33(49)31(47)29(45)26(14-43)58-38/h11,18,20-27,29-40,43,45-52H,1,5-10,12-16H2,2-4H3/t18-,20+,21-,22-,23+,24+,25-,26+,27+,29+,30+,31-,32-,33+,34+,35-,36-,37-,38+,39-,40-,41-,42-/m0/s1. The second-order valence-electron chi connectivity index (χ2n) is 18.8. The molecule has 7 fully saturated rings. The molecule has 340 valence electrons. The molecule has 0 aromatic heterocycles. The Balaban J connectivity index is 0.874. The molecule has 4 aliphatic carbocycles. The lowest BCUT2D eigenvalue weighted by Gasteiger charge is -2.55. The molecule has 4 heterocycles. The number of cyclic esters (lactones) is 1. The van der Waals surface area contributed by atoms with E-state index in [1.807, 2.05) is 0 Å². The smallest absolute Gasteiger partial charge is 0.331 e. The Morgan fingerprint density at radius 3 is 2.15 bits per heavy atom. The van der Waals surface area contributed by atoms with Crippen LogP contribution >= 0.6 is 0 Å². The second-order valence-corrected chi connectivity index (χ2v) is 18.8. The molecule has 0 unspecified atom stereocenters. The fraction of sp³-hybridized carbons (Fsp3) is 0.881. The minimum atomic E-state index is -1.77. The number of esters is 1. The van der Waals surface area contributed by atoms with Gasteiger partial charge in [-0.1, -0.05) is 19.1 Å². The molecule has 8 rings (SSSR count). The number of ether oxygens (including phenoxy) is 8. The summed E-state index contributed by atoms with van der Waals surface area (Å²) in [7, 11) is 1.39. The van der Waals surface area contributed by atoms with Crippen molar-refractivity contribution in [1.29, 1.82) is 0 Å². The maximum absolute atomic E-state index is 12.3. The summed E-state index contributed by atoms with van der Waals surface area (Å²) in [5.41, 5.74) is 1.14. The van der Waals surface area contributed by atoms with Crippen LogP contribution in [-0.2, 0) is 42.7 Å². The van der Waals surface area contributed by atoms with Crippen LogP contribution in [0.5, 0.6) is 0 Å². The molecule has 0 radical (unpaired) electrons. The van der Waals surface area contributed by atoms with Crippen LogP contribution in [0.2, 0.25) is 0 Å². The van der Waals surface area contributed by atoms with E-state index in [4.69, 9.17) is 37.9 Å². The first-order chi connectivity index (χ1) is 28.5. The lowest BCUT2D eigenvalue weighted by atomic mass is 9.51. The second kappa shape index (κ2) is 17.4. The van der Waals surface area contributed by atoms with Gasteiger partial charge < -0.3 is 83.9 Å². The van der Waals surface area contributed by atoms with Crippen molar-refractivity contribution in [3.63, 3.8) is 0 Å². The summed E-state index contributed by atoms with van der Waals surface area (Å²) in [6.07, 6.45) is -13.3. The van der Waals surface area contributed by atoms with Crippen LogP contribution in [-0.4, -0.2) is 183 Å². The highest BCUT2D eigenvalue weighted by molar-refractivity contribution is 5.85. The Morgan fingerprint density at radius 1 is 0.783 bits per heavy atom. The molecule has 9 N–H and O–H groups in total. The number of carbonyl (C=O) groups is 1.